The molecule has 2 saturated heterocycles. The van der Waals surface area contributed by atoms with E-state index in [2.05, 4.69) is 0 Å². The second kappa shape index (κ2) is 5.88. The Kier molecular flexibility index (Phi) is 4.42. The van der Waals surface area contributed by atoms with Crippen LogP contribution in [0, 0.1) is 11.8 Å². The summed E-state index contributed by atoms with van der Waals surface area (Å²) in [6.45, 7) is 1.71. The average Bonchev–Trinajstić information content (AvgIpc) is 2.86. The molecule has 6 nitrogen and oxygen atoms in total. The van der Waals surface area contributed by atoms with Crippen molar-refractivity contribution in [3.8, 4) is 0 Å². The number of rotatable bonds is 3. The van der Waals surface area contributed by atoms with Gasteiger partial charge in [0.1, 0.15) is 0 Å². The minimum atomic E-state index is -0.864. The van der Waals surface area contributed by atoms with Gasteiger partial charge in [-0.05, 0) is 18.8 Å². The van der Waals surface area contributed by atoms with Crippen molar-refractivity contribution in [2.45, 2.75) is 24.9 Å². The summed E-state index contributed by atoms with van der Waals surface area (Å²) in [7, 11) is 2.57. The van der Waals surface area contributed by atoms with Crippen LogP contribution in [0.2, 0.25) is 0 Å². The van der Waals surface area contributed by atoms with Gasteiger partial charge in [-0.15, -0.1) is 0 Å². The van der Waals surface area contributed by atoms with Crippen molar-refractivity contribution in [3.05, 3.63) is 0 Å². The Morgan fingerprint density at radius 2 is 1.89 bits per heavy atom. The van der Waals surface area contributed by atoms with Gasteiger partial charge in [0.05, 0.1) is 26.4 Å². The van der Waals surface area contributed by atoms with Crippen molar-refractivity contribution in [1.82, 2.24) is 0 Å². The molecule has 6 heteroatoms. The van der Waals surface area contributed by atoms with Gasteiger partial charge in [-0.2, -0.15) is 0 Å². The Balaban J connectivity index is 2.12. The molecule has 0 aromatic rings. The predicted molar refractivity (Wildman–Crippen MR) is 64.4 cm³/mol. The molecule has 2 rings (SSSR count). The molecule has 0 aromatic heterocycles. The smallest absolute Gasteiger partial charge is 0.320 e. The number of hydrogen-bond donors (Lipinski definition) is 0. The van der Waals surface area contributed by atoms with Gasteiger partial charge in [-0.25, -0.2) is 0 Å². The third-order valence-electron chi connectivity index (χ3n) is 3.98. The highest BCUT2D eigenvalue weighted by atomic mass is 16.6. The van der Waals surface area contributed by atoms with Crippen LogP contribution in [0.25, 0.3) is 0 Å². The quantitative estimate of drug-likeness (QED) is 0.551. The van der Waals surface area contributed by atoms with Crippen molar-refractivity contribution < 1.29 is 28.5 Å². The zero-order chi connectivity index (χ0) is 13.9. The maximum absolute atomic E-state index is 11.8. The summed E-state index contributed by atoms with van der Waals surface area (Å²) in [5.41, 5.74) is -0.344. The average molecular weight is 272 g/mol. The molecule has 2 aliphatic heterocycles. The van der Waals surface area contributed by atoms with Crippen LogP contribution in [-0.2, 0) is 28.5 Å². The van der Waals surface area contributed by atoms with Gasteiger partial charge >= 0.3 is 11.9 Å². The minimum Gasteiger partial charge on any atom is -0.468 e. The van der Waals surface area contributed by atoms with Crippen molar-refractivity contribution in [1.29, 1.82) is 0 Å². The Morgan fingerprint density at radius 1 is 1.21 bits per heavy atom. The van der Waals surface area contributed by atoms with Crippen LogP contribution in [0.5, 0.6) is 0 Å². The lowest BCUT2D eigenvalue weighted by Crippen LogP contribution is -2.45. The van der Waals surface area contributed by atoms with Crippen molar-refractivity contribution in [2.75, 3.05) is 34.0 Å². The van der Waals surface area contributed by atoms with Crippen molar-refractivity contribution in [2.24, 2.45) is 11.8 Å². The van der Waals surface area contributed by atoms with Gasteiger partial charge in [0.15, 0.2) is 5.92 Å². The highest BCUT2D eigenvalue weighted by Crippen LogP contribution is 2.39. The van der Waals surface area contributed by atoms with Gasteiger partial charge in [0.2, 0.25) is 0 Å². The summed E-state index contributed by atoms with van der Waals surface area (Å²) >= 11 is 0. The molecule has 2 aliphatic rings. The number of ether oxygens (including phenoxy) is 4. The lowest BCUT2D eigenvalue weighted by atomic mass is 9.78. The largest absolute Gasteiger partial charge is 0.468 e. The van der Waals surface area contributed by atoms with Crippen LogP contribution in [-0.4, -0.2) is 51.6 Å². The molecular weight excluding hydrogens is 252 g/mol. The number of carbonyl (C=O) groups excluding carboxylic acids is 2. The standard InChI is InChI=1S/C13H20O6/c1-16-11(14)10(12(15)17-2)9-3-5-19-13(7-9)4-6-18-8-13/h9-10H,3-8H2,1-2H3. The van der Waals surface area contributed by atoms with E-state index in [9.17, 15) is 9.59 Å². The Bertz CT molecular complexity index is 331. The zero-order valence-electron chi connectivity index (χ0n) is 11.3. The fourth-order valence-electron chi connectivity index (χ4n) is 2.95. The molecule has 108 valence electrons. The zero-order valence-corrected chi connectivity index (χ0v) is 11.3. The third-order valence-corrected chi connectivity index (χ3v) is 3.98. The summed E-state index contributed by atoms with van der Waals surface area (Å²) in [6.07, 6.45) is 2.08. The van der Waals surface area contributed by atoms with Gasteiger partial charge in [0.25, 0.3) is 0 Å². The fraction of sp³-hybridized carbons (Fsp3) is 0.846. The van der Waals surface area contributed by atoms with Crippen LogP contribution in [0.4, 0.5) is 0 Å². The molecule has 0 radical (unpaired) electrons. The first-order valence-corrected chi connectivity index (χ1v) is 6.49. The predicted octanol–water partition coefficient (Wildman–Crippen LogP) is 0.534. The number of esters is 2. The van der Waals surface area contributed by atoms with Gasteiger partial charge < -0.3 is 18.9 Å². The lowest BCUT2D eigenvalue weighted by Gasteiger charge is -2.38. The monoisotopic (exact) mass is 272 g/mol. The van der Waals surface area contributed by atoms with Crippen molar-refractivity contribution >= 4 is 11.9 Å². The summed E-state index contributed by atoms with van der Waals surface area (Å²) < 4.78 is 20.6. The van der Waals surface area contributed by atoms with E-state index in [1.807, 2.05) is 0 Å². The van der Waals surface area contributed by atoms with E-state index in [1.54, 1.807) is 0 Å². The van der Waals surface area contributed by atoms with E-state index in [0.717, 1.165) is 6.42 Å². The van der Waals surface area contributed by atoms with Gasteiger partial charge in [-0.1, -0.05) is 0 Å². The summed E-state index contributed by atoms with van der Waals surface area (Å²) in [5.74, 6) is -2.05. The maximum atomic E-state index is 11.8. The first-order chi connectivity index (χ1) is 9.12. The second-order valence-electron chi connectivity index (χ2n) is 5.11. The maximum Gasteiger partial charge on any atom is 0.320 e. The molecule has 2 atom stereocenters. The van der Waals surface area contributed by atoms with E-state index in [0.29, 0.717) is 32.7 Å². The van der Waals surface area contributed by atoms with Crippen LogP contribution in [0.3, 0.4) is 0 Å². The second-order valence-corrected chi connectivity index (χ2v) is 5.11. The number of methoxy groups -OCH3 is 2. The molecular formula is C13H20O6. The summed E-state index contributed by atoms with van der Waals surface area (Å²) in [4.78, 5) is 23.6. The van der Waals surface area contributed by atoms with E-state index in [1.165, 1.54) is 14.2 Å². The van der Waals surface area contributed by atoms with E-state index in [-0.39, 0.29) is 11.5 Å². The van der Waals surface area contributed by atoms with Gasteiger partial charge in [0, 0.05) is 19.6 Å². The van der Waals surface area contributed by atoms with Crippen LogP contribution in [0.15, 0.2) is 0 Å². The number of carbonyl (C=O) groups is 2. The Labute approximate surface area is 112 Å². The normalized spacial score (nSPS) is 30.6. The highest BCUT2D eigenvalue weighted by Gasteiger charge is 2.47. The van der Waals surface area contributed by atoms with Crippen LogP contribution >= 0.6 is 0 Å². The fourth-order valence-corrected chi connectivity index (χ4v) is 2.95. The number of hydrogen-bond acceptors (Lipinski definition) is 6. The Hall–Kier alpha value is -1.14. The van der Waals surface area contributed by atoms with Crippen LogP contribution < -0.4 is 0 Å². The highest BCUT2D eigenvalue weighted by molar-refractivity contribution is 5.95. The topological polar surface area (TPSA) is 71.1 Å². The summed E-state index contributed by atoms with van der Waals surface area (Å²) in [5, 5.41) is 0. The van der Waals surface area contributed by atoms with Crippen molar-refractivity contribution in [3.63, 3.8) is 0 Å². The lowest BCUT2D eigenvalue weighted by molar-refractivity contribution is -0.168. The molecule has 0 aromatic carbocycles. The van der Waals surface area contributed by atoms with Gasteiger partial charge in [-0.3, -0.25) is 9.59 Å². The minimum absolute atomic E-state index is 0.115. The SMILES string of the molecule is COC(=O)C(C(=O)OC)C1CCOC2(CCOC2)C1. The molecule has 2 fully saturated rings. The molecule has 2 heterocycles. The first-order valence-electron chi connectivity index (χ1n) is 6.49. The van der Waals surface area contributed by atoms with E-state index < -0.39 is 17.9 Å². The summed E-state index contributed by atoms with van der Waals surface area (Å²) in [6, 6.07) is 0. The third kappa shape index (κ3) is 2.90. The molecule has 0 aliphatic carbocycles. The molecule has 2 unspecified atom stereocenters. The van der Waals surface area contributed by atoms with E-state index in [4.69, 9.17) is 18.9 Å². The molecule has 0 N–H and O–H groups in total. The molecule has 0 amide bonds. The first kappa shape index (κ1) is 14.3. The van der Waals surface area contributed by atoms with E-state index >= 15 is 0 Å². The molecule has 1 spiro atoms. The molecule has 0 bridgehead atoms. The Morgan fingerprint density at radius 3 is 2.42 bits per heavy atom. The molecule has 19 heavy (non-hydrogen) atoms. The van der Waals surface area contributed by atoms with Crippen LogP contribution in [0.1, 0.15) is 19.3 Å². The molecule has 0 saturated carbocycles.